The molecular weight excluding hydrogens is 198 g/mol. The number of carboxylic acid groups (broad SMARTS) is 1. The Morgan fingerprint density at radius 3 is 2.60 bits per heavy atom. The van der Waals surface area contributed by atoms with Crippen molar-refractivity contribution in [3.05, 3.63) is 23.8 Å². The zero-order valence-corrected chi connectivity index (χ0v) is 8.05. The molecular formula is C10H13NO4. The quantitative estimate of drug-likeness (QED) is 0.546. The van der Waals surface area contributed by atoms with E-state index in [0.717, 1.165) is 0 Å². The van der Waals surface area contributed by atoms with Crippen LogP contribution >= 0.6 is 0 Å². The smallest absolute Gasteiger partial charge is 0.304 e. The number of para-hydroxylation sites is 1. The van der Waals surface area contributed by atoms with E-state index in [1.165, 1.54) is 12.1 Å². The van der Waals surface area contributed by atoms with Crippen molar-refractivity contribution < 1.29 is 20.1 Å². The fraction of sp³-hybridized carbons (Fsp3) is 0.300. The standard InChI is InChI=1S/C10H13NO4/c11-5-6(4-9(13)14)7-2-1-3-8(12)10(7)15/h1-3,6,12,15H,4-5,11H2,(H,13,14). The molecule has 1 aromatic carbocycles. The first-order chi connectivity index (χ1) is 7.06. The third kappa shape index (κ3) is 2.60. The first-order valence-electron chi connectivity index (χ1n) is 4.49. The molecule has 0 spiro atoms. The van der Waals surface area contributed by atoms with Gasteiger partial charge in [0.1, 0.15) is 0 Å². The third-order valence-corrected chi connectivity index (χ3v) is 2.19. The lowest BCUT2D eigenvalue weighted by Crippen LogP contribution is -2.16. The van der Waals surface area contributed by atoms with Gasteiger partial charge in [-0.2, -0.15) is 0 Å². The highest BCUT2D eigenvalue weighted by atomic mass is 16.4. The zero-order chi connectivity index (χ0) is 11.4. The second kappa shape index (κ2) is 4.65. The van der Waals surface area contributed by atoms with Crippen LogP contribution in [0.4, 0.5) is 0 Å². The molecule has 0 radical (unpaired) electrons. The fourth-order valence-corrected chi connectivity index (χ4v) is 1.41. The number of aliphatic carboxylic acids is 1. The van der Waals surface area contributed by atoms with E-state index < -0.39 is 11.9 Å². The summed E-state index contributed by atoms with van der Waals surface area (Å²) < 4.78 is 0. The van der Waals surface area contributed by atoms with Crippen molar-refractivity contribution in [1.82, 2.24) is 0 Å². The minimum Gasteiger partial charge on any atom is -0.504 e. The van der Waals surface area contributed by atoms with E-state index >= 15 is 0 Å². The van der Waals surface area contributed by atoms with Gasteiger partial charge in [-0.25, -0.2) is 0 Å². The number of phenols is 2. The van der Waals surface area contributed by atoms with Crippen LogP contribution in [0.2, 0.25) is 0 Å². The Kier molecular flexibility index (Phi) is 3.51. The molecule has 5 nitrogen and oxygen atoms in total. The first kappa shape index (κ1) is 11.3. The molecule has 0 fully saturated rings. The number of hydrogen-bond acceptors (Lipinski definition) is 4. The van der Waals surface area contributed by atoms with Crippen molar-refractivity contribution in [3.63, 3.8) is 0 Å². The Balaban J connectivity index is 3.01. The molecule has 5 heteroatoms. The molecule has 0 bridgehead atoms. The van der Waals surface area contributed by atoms with Gasteiger partial charge >= 0.3 is 5.97 Å². The third-order valence-electron chi connectivity index (χ3n) is 2.19. The average molecular weight is 211 g/mol. The Morgan fingerprint density at radius 2 is 2.07 bits per heavy atom. The molecule has 0 aliphatic rings. The van der Waals surface area contributed by atoms with Crippen LogP contribution in [0.1, 0.15) is 17.9 Å². The van der Waals surface area contributed by atoms with Crippen molar-refractivity contribution in [1.29, 1.82) is 0 Å². The summed E-state index contributed by atoms with van der Waals surface area (Å²) in [5, 5.41) is 27.4. The maximum Gasteiger partial charge on any atom is 0.304 e. The zero-order valence-electron chi connectivity index (χ0n) is 8.05. The highest BCUT2D eigenvalue weighted by Crippen LogP contribution is 2.34. The van der Waals surface area contributed by atoms with E-state index in [9.17, 15) is 15.0 Å². The summed E-state index contributed by atoms with van der Waals surface area (Å²) >= 11 is 0. The van der Waals surface area contributed by atoms with E-state index in [1.807, 2.05) is 0 Å². The molecule has 1 atom stereocenters. The summed E-state index contributed by atoms with van der Waals surface area (Å²) in [7, 11) is 0. The normalized spacial score (nSPS) is 12.3. The van der Waals surface area contributed by atoms with Crippen molar-refractivity contribution >= 4 is 5.97 Å². The second-order valence-electron chi connectivity index (χ2n) is 3.25. The summed E-state index contributed by atoms with van der Waals surface area (Å²) in [4.78, 5) is 10.5. The molecule has 1 aromatic rings. The van der Waals surface area contributed by atoms with Crippen LogP contribution in [0.15, 0.2) is 18.2 Å². The number of nitrogens with two attached hydrogens (primary N) is 1. The van der Waals surface area contributed by atoms with Crippen LogP contribution in [0.5, 0.6) is 11.5 Å². The number of carbonyl (C=O) groups is 1. The first-order valence-corrected chi connectivity index (χ1v) is 4.49. The summed E-state index contributed by atoms with van der Waals surface area (Å²) in [6.07, 6.45) is -0.173. The van der Waals surface area contributed by atoms with E-state index in [0.29, 0.717) is 5.56 Å². The van der Waals surface area contributed by atoms with Gasteiger partial charge in [0.05, 0.1) is 6.42 Å². The van der Waals surface area contributed by atoms with Crippen molar-refractivity contribution in [2.45, 2.75) is 12.3 Å². The number of carboxylic acids is 1. The molecule has 0 heterocycles. The summed E-state index contributed by atoms with van der Waals surface area (Å²) in [5.74, 6) is -2.05. The monoisotopic (exact) mass is 211 g/mol. The van der Waals surface area contributed by atoms with Gasteiger partial charge in [0.25, 0.3) is 0 Å². The lowest BCUT2D eigenvalue weighted by Gasteiger charge is -2.14. The molecule has 0 saturated heterocycles. The maximum atomic E-state index is 10.5. The SMILES string of the molecule is NCC(CC(=O)O)c1cccc(O)c1O. The minimum absolute atomic E-state index is 0.101. The van der Waals surface area contributed by atoms with Gasteiger partial charge in [-0.3, -0.25) is 4.79 Å². The summed E-state index contributed by atoms with van der Waals surface area (Å²) in [6, 6.07) is 4.41. The van der Waals surface area contributed by atoms with E-state index in [4.69, 9.17) is 10.8 Å². The van der Waals surface area contributed by atoms with Gasteiger partial charge in [-0.05, 0) is 12.6 Å². The van der Waals surface area contributed by atoms with Gasteiger partial charge in [0, 0.05) is 11.5 Å². The number of benzene rings is 1. The molecule has 0 aromatic heterocycles. The highest BCUT2D eigenvalue weighted by Gasteiger charge is 2.18. The van der Waals surface area contributed by atoms with Gasteiger partial charge in [0.15, 0.2) is 11.5 Å². The molecule has 0 amide bonds. The highest BCUT2D eigenvalue weighted by molar-refractivity contribution is 5.68. The molecule has 0 saturated carbocycles. The molecule has 82 valence electrons. The van der Waals surface area contributed by atoms with Gasteiger partial charge in [-0.1, -0.05) is 12.1 Å². The molecule has 15 heavy (non-hydrogen) atoms. The van der Waals surface area contributed by atoms with Crippen molar-refractivity contribution in [2.75, 3.05) is 6.54 Å². The molecule has 5 N–H and O–H groups in total. The van der Waals surface area contributed by atoms with Crippen LogP contribution in [-0.4, -0.2) is 27.8 Å². The van der Waals surface area contributed by atoms with Gasteiger partial charge in [-0.15, -0.1) is 0 Å². The van der Waals surface area contributed by atoms with E-state index in [-0.39, 0.29) is 24.5 Å². The number of phenolic OH excluding ortho intramolecular Hbond substituents is 2. The number of aromatic hydroxyl groups is 2. The van der Waals surface area contributed by atoms with E-state index in [1.54, 1.807) is 6.07 Å². The number of rotatable bonds is 4. The largest absolute Gasteiger partial charge is 0.504 e. The van der Waals surface area contributed by atoms with Crippen molar-refractivity contribution in [2.24, 2.45) is 5.73 Å². The average Bonchev–Trinajstić information content (AvgIpc) is 2.19. The molecule has 1 unspecified atom stereocenters. The Morgan fingerprint density at radius 1 is 1.40 bits per heavy atom. The van der Waals surface area contributed by atoms with Crippen LogP contribution < -0.4 is 5.73 Å². The lowest BCUT2D eigenvalue weighted by molar-refractivity contribution is -0.137. The summed E-state index contributed by atoms with van der Waals surface area (Å²) in [6.45, 7) is 0.101. The molecule has 1 rings (SSSR count). The molecule has 0 aliphatic heterocycles. The fourth-order valence-electron chi connectivity index (χ4n) is 1.41. The topological polar surface area (TPSA) is 104 Å². The predicted octanol–water partition coefficient (Wildman–Crippen LogP) is 0.615. The van der Waals surface area contributed by atoms with Crippen LogP contribution in [0.3, 0.4) is 0 Å². The molecule has 0 aliphatic carbocycles. The van der Waals surface area contributed by atoms with E-state index in [2.05, 4.69) is 0 Å². The Hall–Kier alpha value is -1.75. The Bertz CT molecular complexity index is 364. The second-order valence-corrected chi connectivity index (χ2v) is 3.25. The van der Waals surface area contributed by atoms with Crippen LogP contribution in [-0.2, 0) is 4.79 Å². The summed E-state index contributed by atoms with van der Waals surface area (Å²) in [5.41, 5.74) is 5.78. The Labute approximate surface area is 86.8 Å². The maximum absolute atomic E-state index is 10.5. The number of hydrogen-bond donors (Lipinski definition) is 4. The van der Waals surface area contributed by atoms with Crippen LogP contribution in [0.25, 0.3) is 0 Å². The predicted molar refractivity (Wildman–Crippen MR) is 53.8 cm³/mol. The van der Waals surface area contributed by atoms with Crippen molar-refractivity contribution in [3.8, 4) is 11.5 Å². The minimum atomic E-state index is -0.992. The lowest BCUT2D eigenvalue weighted by atomic mass is 9.95. The van der Waals surface area contributed by atoms with Gasteiger partial charge in [0.2, 0.25) is 0 Å². The van der Waals surface area contributed by atoms with Gasteiger partial charge < -0.3 is 21.1 Å². The van der Waals surface area contributed by atoms with Crippen LogP contribution in [0, 0.1) is 0 Å².